The number of halogens is 2. The molecule has 180 valence electrons. The molecule has 0 spiro atoms. The standard InChI is InChI=1S/C26H24F2N4O3/c1-14(2)16-6-8-17(9-7-16)23(33)21-22(18-10-11-19(29-13-18)26(4,27)28)32(25(35)24(21)34)20-12-5-15(3)30-31-20/h5-14,22,33H,1-4H3. The molecule has 7 nitrogen and oxygen atoms in total. The van der Waals surface area contributed by atoms with Crippen molar-refractivity contribution in [2.45, 2.75) is 45.6 Å². The Balaban J connectivity index is 1.89. The highest BCUT2D eigenvalue weighted by molar-refractivity contribution is 6.51. The Morgan fingerprint density at radius 1 is 1.03 bits per heavy atom. The molecular weight excluding hydrogens is 454 g/mol. The molecule has 0 bridgehead atoms. The molecule has 3 aromatic rings. The van der Waals surface area contributed by atoms with E-state index in [1.54, 1.807) is 25.1 Å². The minimum Gasteiger partial charge on any atom is -0.507 e. The number of aliphatic hydroxyl groups excluding tert-OH is 1. The third-order valence-electron chi connectivity index (χ3n) is 5.88. The van der Waals surface area contributed by atoms with Crippen LogP contribution in [-0.4, -0.2) is 32.0 Å². The molecule has 4 rings (SSSR count). The van der Waals surface area contributed by atoms with Crippen molar-refractivity contribution in [3.63, 3.8) is 0 Å². The zero-order valence-corrected chi connectivity index (χ0v) is 19.7. The monoisotopic (exact) mass is 478 g/mol. The summed E-state index contributed by atoms with van der Waals surface area (Å²) in [6.07, 6.45) is 1.17. The predicted molar refractivity (Wildman–Crippen MR) is 126 cm³/mol. The number of pyridine rings is 1. The first kappa shape index (κ1) is 24.1. The lowest BCUT2D eigenvalue weighted by Crippen LogP contribution is -2.30. The molecule has 1 N–H and O–H groups in total. The van der Waals surface area contributed by atoms with Gasteiger partial charge >= 0.3 is 5.91 Å². The van der Waals surface area contributed by atoms with Crippen molar-refractivity contribution in [3.8, 4) is 0 Å². The number of hydrogen-bond donors (Lipinski definition) is 1. The second-order valence-electron chi connectivity index (χ2n) is 8.84. The smallest absolute Gasteiger partial charge is 0.301 e. The molecule has 1 atom stereocenters. The van der Waals surface area contributed by atoms with Crippen molar-refractivity contribution in [1.29, 1.82) is 0 Å². The highest BCUT2D eigenvalue weighted by Crippen LogP contribution is 2.41. The maximum absolute atomic E-state index is 13.7. The molecule has 1 saturated heterocycles. The number of ketones is 1. The van der Waals surface area contributed by atoms with Crippen molar-refractivity contribution in [2.75, 3.05) is 4.90 Å². The molecule has 9 heteroatoms. The van der Waals surface area contributed by atoms with Gasteiger partial charge in [0.1, 0.15) is 11.5 Å². The number of rotatable bonds is 5. The molecule has 1 aliphatic heterocycles. The number of carbonyl (C=O) groups is 2. The van der Waals surface area contributed by atoms with E-state index in [4.69, 9.17) is 0 Å². The fourth-order valence-corrected chi connectivity index (χ4v) is 3.91. The summed E-state index contributed by atoms with van der Waals surface area (Å²) in [5.74, 6) is -5.04. The lowest BCUT2D eigenvalue weighted by molar-refractivity contribution is -0.132. The van der Waals surface area contributed by atoms with Gasteiger partial charge in [-0.25, -0.2) is 0 Å². The van der Waals surface area contributed by atoms with E-state index in [1.165, 1.54) is 18.3 Å². The molecular formula is C26H24F2N4O3. The Hall–Kier alpha value is -4.01. The van der Waals surface area contributed by atoms with Crippen LogP contribution in [0.5, 0.6) is 0 Å². The number of aryl methyl sites for hydroxylation is 1. The SMILES string of the molecule is Cc1ccc(N2C(=O)C(=O)C(=C(O)c3ccc(C(C)C)cc3)C2c2ccc(C(C)(F)F)nc2)nn1. The number of anilines is 1. The number of aliphatic hydroxyl groups is 1. The van der Waals surface area contributed by atoms with E-state index in [-0.39, 0.29) is 28.6 Å². The van der Waals surface area contributed by atoms with Gasteiger partial charge in [0.15, 0.2) is 5.82 Å². The maximum atomic E-state index is 13.7. The third-order valence-corrected chi connectivity index (χ3v) is 5.88. The van der Waals surface area contributed by atoms with Gasteiger partial charge in [-0.2, -0.15) is 13.9 Å². The summed E-state index contributed by atoms with van der Waals surface area (Å²) in [5.41, 5.74) is 1.60. The summed E-state index contributed by atoms with van der Waals surface area (Å²) in [6.45, 7) is 6.50. The molecule has 0 radical (unpaired) electrons. The normalized spacial score (nSPS) is 17.9. The number of aromatic nitrogens is 3. The Bertz CT molecular complexity index is 1300. The number of nitrogens with zero attached hydrogens (tertiary/aromatic N) is 4. The van der Waals surface area contributed by atoms with Crippen LogP contribution in [0.2, 0.25) is 0 Å². The van der Waals surface area contributed by atoms with Crippen LogP contribution in [0.15, 0.2) is 60.3 Å². The zero-order chi connectivity index (χ0) is 25.5. The number of alkyl halides is 2. The first-order valence-electron chi connectivity index (χ1n) is 11.0. The molecule has 0 saturated carbocycles. The fraction of sp³-hybridized carbons (Fsp3) is 0.269. The summed E-state index contributed by atoms with van der Waals surface area (Å²) in [4.78, 5) is 31.2. The fourth-order valence-electron chi connectivity index (χ4n) is 3.91. The van der Waals surface area contributed by atoms with Crippen LogP contribution in [-0.2, 0) is 15.5 Å². The van der Waals surface area contributed by atoms with Crippen LogP contribution in [0.1, 0.15) is 60.8 Å². The van der Waals surface area contributed by atoms with E-state index in [1.807, 2.05) is 26.0 Å². The maximum Gasteiger partial charge on any atom is 0.301 e. The Morgan fingerprint density at radius 2 is 1.71 bits per heavy atom. The second kappa shape index (κ2) is 8.98. The quantitative estimate of drug-likeness (QED) is 0.314. The molecule has 1 aliphatic rings. The topological polar surface area (TPSA) is 96.3 Å². The van der Waals surface area contributed by atoms with Crippen LogP contribution < -0.4 is 4.90 Å². The van der Waals surface area contributed by atoms with E-state index in [0.717, 1.165) is 23.5 Å². The molecule has 2 aromatic heterocycles. The summed E-state index contributed by atoms with van der Waals surface area (Å²) >= 11 is 0. The first-order valence-corrected chi connectivity index (χ1v) is 11.0. The van der Waals surface area contributed by atoms with Crippen LogP contribution in [0.25, 0.3) is 5.76 Å². The summed E-state index contributed by atoms with van der Waals surface area (Å²) in [5, 5.41) is 19.2. The number of benzene rings is 1. The number of Topliss-reactive ketones (excluding diaryl/α,β-unsaturated/α-hetero) is 1. The van der Waals surface area contributed by atoms with Gasteiger partial charge in [0.2, 0.25) is 0 Å². The van der Waals surface area contributed by atoms with Crippen molar-refractivity contribution in [1.82, 2.24) is 15.2 Å². The molecule has 3 heterocycles. The second-order valence-corrected chi connectivity index (χ2v) is 8.84. The van der Waals surface area contributed by atoms with E-state index >= 15 is 0 Å². The molecule has 1 amide bonds. The molecule has 1 fully saturated rings. The van der Waals surface area contributed by atoms with Crippen molar-refractivity contribution in [3.05, 3.63) is 88.4 Å². The lowest BCUT2D eigenvalue weighted by Gasteiger charge is -2.24. The average Bonchev–Trinajstić information content (AvgIpc) is 3.09. The molecule has 1 unspecified atom stereocenters. The predicted octanol–water partition coefficient (Wildman–Crippen LogP) is 5.04. The van der Waals surface area contributed by atoms with Gasteiger partial charge in [0.25, 0.3) is 11.7 Å². The van der Waals surface area contributed by atoms with Crippen molar-refractivity contribution >= 4 is 23.3 Å². The van der Waals surface area contributed by atoms with Crippen molar-refractivity contribution < 1.29 is 23.5 Å². The van der Waals surface area contributed by atoms with Crippen LogP contribution >= 0.6 is 0 Å². The van der Waals surface area contributed by atoms with Gasteiger partial charge in [-0.15, -0.1) is 5.10 Å². The minimum atomic E-state index is -3.17. The average molecular weight is 478 g/mol. The first-order chi connectivity index (χ1) is 16.5. The highest BCUT2D eigenvalue weighted by Gasteiger charge is 2.48. The van der Waals surface area contributed by atoms with Crippen LogP contribution in [0.4, 0.5) is 14.6 Å². The van der Waals surface area contributed by atoms with Gasteiger partial charge in [-0.3, -0.25) is 19.5 Å². The van der Waals surface area contributed by atoms with E-state index in [2.05, 4.69) is 15.2 Å². The van der Waals surface area contributed by atoms with Gasteiger partial charge in [-0.05, 0) is 42.2 Å². The number of hydrogen-bond acceptors (Lipinski definition) is 6. The minimum absolute atomic E-state index is 0.0850. The molecule has 0 aliphatic carbocycles. The zero-order valence-electron chi connectivity index (χ0n) is 19.7. The van der Waals surface area contributed by atoms with E-state index < -0.39 is 29.3 Å². The van der Waals surface area contributed by atoms with Gasteiger partial charge in [-0.1, -0.05) is 44.2 Å². The van der Waals surface area contributed by atoms with Crippen molar-refractivity contribution in [2.24, 2.45) is 0 Å². The summed E-state index contributed by atoms with van der Waals surface area (Å²) in [6, 6.07) is 11.5. The van der Waals surface area contributed by atoms with Gasteiger partial charge in [0.05, 0.1) is 17.3 Å². The molecule has 1 aromatic carbocycles. The van der Waals surface area contributed by atoms with Crippen LogP contribution in [0, 0.1) is 6.92 Å². The number of carbonyl (C=O) groups excluding carboxylic acids is 2. The Morgan fingerprint density at radius 3 is 2.23 bits per heavy atom. The van der Waals surface area contributed by atoms with E-state index in [9.17, 15) is 23.5 Å². The lowest BCUT2D eigenvalue weighted by atomic mass is 9.94. The summed E-state index contributed by atoms with van der Waals surface area (Å²) < 4.78 is 27.5. The van der Waals surface area contributed by atoms with Gasteiger partial charge < -0.3 is 5.11 Å². The highest BCUT2D eigenvalue weighted by atomic mass is 19.3. The Kier molecular flexibility index (Phi) is 6.19. The Labute approximate surface area is 201 Å². The largest absolute Gasteiger partial charge is 0.507 e. The number of amides is 1. The summed E-state index contributed by atoms with van der Waals surface area (Å²) in [7, 11) is 0. The van der Waals surface area contributed by atoms with E-state index in [0.29, 0.717) is 11.3 Å². The van der Waals surface area contributed by atoms with Gasteiger partial charge in [0, 0.05) is 18.7 Å². The molecule has 35 heavy (non-hydrogen) atoms. The van der Waals surface area contributed by atoms with Crippen LogP contribution in [0.3, 0.4) is 0 Å². The third kappa shape index (κ3) is 4.53.